The highest BCUT2D eigenvalue weighted by atomic mass is 16.5. The van der Waals surface area contributed by atoms with Crippen LogP contribution in [0.2, 0.25) is 0 Å². The maximum absolute atomic E-state index is 13.4. The van der Waals surface area contributed by atoms with Crippen molar-refractivity contribution < 1.29 is 14.3 Å². The van der Waals surface area contributed by atoms with E-state index < -0.39 is 23.3 Å². The van der Waals surface area contributed by atoms with Crippen LogP contribution in [0, 0.1) is 17.2 Å². The fourth-order valence-electron chi connectivity index (χ4n) is 4.96. The predicted molar refractivity (Wildman–Crippen MR) is 138 cm³/mol. The fraction of sp³-hybridized carbons (Fsp3) is 0.214. The number of rotatable bonds is 4. The molecule has 1 aromatic heterocycles. The highest BCUT2D eigenvalue weighted by Gasteiger charge is 2.40. The number of fused-ring (bicyclic) bond motifs is 3. The fourth-order valence-corrected chi connectivity index (χ4v) is 4.96. The highest BCUT2D eigenvalue weighted by molar-refractivity contribution is 5.99. The van der Waals surface area contributed by atoms with Crippen molar-refractivity contribution in [2.45, 2.75) is 18.9 Å². The number of nitriles is 1. The van der Waals surface area contributed by atoms with E-state index in [1.54, 1.807) is 0 Å². The molecule has 9 heteroatoms. The van der Waals surface area contributed by atoms with Gasteiger partial charge in [0, 0.05) is 18.9 Å². The molecule has 2 aliphatic rings. The molecule has 0 saturated heterocycles. The number of ether oxygens (including phenoxy) is 2. The Labute approximate surface area is 212 Å². The van der Waals surface area contributed by atoms with Gasteiger partial charge in [-0.05, 0) is 34.0 Å². The predicted octanol–water partition coefficient (Wildman–Crippen LogP) is 3.92. The summed E-state index contributed by atoms with van der Waals surface area (Å²) in [6.07, 6.45) is 0.820. The Morgan fingerprint density at radius 1 is 1.03 bits per heavy atom. The molecule has 3 N–H and O–H groups in total. The summed E-state index contributed by atoms with van der Waals surface area (Å²) in [5, 5.41) is 17.5. The van der Waals surface area contributed by atoms with E-state index in [1.807, 2.05) is 60.7 Å². The largest absolute Gasteiger partial charge is 0.490 e. The Morgan fingerprint density at radius 3 is 2.70 bits per heavy atom. The number of nitrogens with zero attached hydrogens (tertiary/aromatic N) is 2. The van der Waals surface area contributed by atoms with E-state index in [1.165, 1.54) is 0 Å². The van der Waals surface area contributed by atoms with Gasteiger partial charge in [-0.25, -0.2) is 0 Å². The number of anilines is 2. The molecule has 0 spiro atoms. The van der Waals surface area contributed by atoms with Gasteiger partial charge < -0.3 is 20.1 Å². The number of hydrogen-bond donors (Lipinski definition) is 3. The van der Waals surface area contributed by atoms with Crippen molar-refractivity contribution in [1.82, 2.24) is 9.97 Å². The van der Waals surface area contributed by atoms with Gasteiger partial charge in [-0.1, -0.05) is 48.5 Å². The van der Waals surface area contributed by atoms with Crippen LogP contribution in [0.15, 0.2) is 65.5 Å². The molecule has 3 heterocycles. The van der Waals surface area contributed by atoms with Crippen LogP contribution in [-0.2, 0) is 11.3 Å². The van der Waals surface area contributed by atoms with Gasteiger partial charge in [0.1, 0.15) is 11.7 Å². The van der Waals surface area contributed by atoms with Crippen LogP contribution in [0.3, 0.4) is 0 Å². The summed E-state index contributed by atoms with van der Waals surface area (Å²) in [6, 6.07) is 21.1. The van der Waals surface area contributed by atoms with Gasteiger partial charge in [-0.2, -0.15) is 10.2 Å². The molecule has 0 saturated carbocycles. The molecule has 1 amide bonds. The first kappa shape index (κ1) is 22.6. The van der Waals surface area contributed by atoms with E-state index in [4.69, 9.17) is 9.47 Å². The van der Waals surface area contributed by atoms with Crippen molar-refractivity contribution in [1.29, 1.82) is 5.26 Å². The van der Waals surface area contributed by atoms with Gasteiger partial charge in [0.15, 0.2) is 11.5 Å². The van der Waals surface area contributed by atoms with Gasteiger partial charge in [0.25, 0.3) is 5.56 Å². The van der Waals surface area contributed by atoms with Gasteiger partial charge in [0.2, 0.25) is 11.9 Å². The molecule has 0 radical (unpaired) electrons. The van der Waals surface area contributed by atoms with Crippen molar-refractivity contribution in [3.8, 4) is 17.6 Å². The third kappa shape index (κ3) is 4.12. The lowest BCUT2D eigenvalue weighted by atomic mass is 9.77. The second-order valence-electron chi connectivity index (χ2n) is 9.00. The van der Waals surface area contributed by atoms with Gasteiger partial charge in [-0.3, -0.25) is 14.6 Å². The zero-order valence-electron chi connectivity index (χ0n) is 19.8. The van der Waals surface area contributed by atoms with E-state index in [0.29, 0.717) is 31.3 Å². The standard InChI is InChI=1S/C28H23N5O4/c29-14-20-23(19-8-3-6-17-5-1-2-7-18(17)19)24-25(31-26(20)34)32-28(33-27(24)35)30-15-16-9-10-21-22(13-16)37-12-4-11-36-21/h1-3,5-10,13,20,23H,4,11-12,15H2,(H3,30,31,32,33,34,35). The van der Waals surface area contributed by atoms with Crippen LogP contribution in [0.25, 0.3) is 10.8 Å². The molecule has 9 nitrogen and oxygen atoms in total. The number of benzene rings is 3. The van der Waals surface area contributed by atoms with Crippen LogP contribution in [0.1, 0.15) is 29.0 Å². The van der Waals surface area contributed by atoms with Crippen LogP contribution < -0.4 is 25.7 Å². The molecule has 4 aromatic rings. The Hall–Kier alpha value is -4.84. The number of aromatic nitrogens is 2. The molecule has 2 atom stereocenters. The number of nitrogens with one attached hydrogen (secondary N) is 3. The molecule has 2 unspecified atom stereocenters. The molecule has 184 valence electrons. The Bertz CT molecular complexity index is 1620. The first-order valence-electron chi connectivity index (χ1n) is 12.1. The lowest BCUT2D eigenvalue weighted by molar-refractivity contribution is -0.119. The summed E-state index contributed by atoms with van der Waals surface area (Å²) in [5.41, 5.74) is 1.50. The summed E-state index contributed by atoms with van der Waals surface area (Å²) >= 11 is 0. The van der Waals surface area contributed by atoms with Crippen LogP contribution in [0.5, 0.6) is 11.5 Å². The quantitative estimate of drug-likeness (QED) is 0.393. The van der Waals surface area contributed by atoms with Crippen LogP contribution in [0.4, 0.5) is 11.8 Å². The molecule has 0 aliphatic carbocycles. The first-order valence-corrected chi connectivity index (χ1v) is 12.1. The molecule has 2 aliphatic heterocycles. The molecular weight excluding hydrogens is 470 g/mol. The number of carbonyl (C=O) groups is 1. The monoisotopic (exact) mass is 493 g/mol. The van der Waals surface area contributed by atoms with E-state index in [-0.39, 0.29) is 17.3 Å². The van der Waals surface area contributed by atoms with Crippen molar-refractivity contribution in [3.63, 3.8) is 0 Å². The number of amides is 1. The minimum absolute atomic E-state index is 0.152. The molecule has 6 rings (SSSR count). The van der Waals surface area contributed by atoms with Crippen molar-refractivity contribution in [3.05, 3.63) is 87.7 Å². The third-order valence-corrected chi connectivity index (χ3v) is 6.69. The zero-order chi connectivity index (χ0) is 25.4. The van der Waals surface area contributed by atoms with Crippen LogP contribution >= 0.6 is 0 Å². The smallest absolute Gasteiger partial charge is 0.258 e. The van der Waals surface area contributed by atoms with Gasteiger partial charge in [-0.15, -0.1) is 0 Å². The summed E-state index contributed by atoms with van der Waals surface area (Å²) in [5.74, 6) is -0.566. The van der Waals surface area contributed by atoms with Crippen molar-refractivity contribution in [2.24, 2.45) is 5.92 Å². The SMILES string of the molecule is N#CC1C(=O)Nc2nc(NCc3ccc4c(c3)OCCCO4)[nH]c(=O)c2C1c1cccc2ccccc12. The Balaban J connectivity index is 1.35. The topological polar surface area (TPSA) is 129 Å². The lowest BCUT2D eigenvalue weighted by Gasteiger charge is -2.29. The molecule has 37 heavy (non-hydrogen) atoms. The second-order valence-corrected chi connectivity index (χ2v) is 9.00. The number of carbonyl (C=O) groups excluding carboxylic acids is 1. The molecule has 0 fully saturated rings. The van der Waals surface area contributed by atoms with Crippen molar-refractivity contribution >= 4 is 28.4 Å². The third-order valence-electron chi connectivity index (χ3n) is 6.69. The lowest BCUT2D eigenvalue weighted by Crippen LogP contribution is -2.38. The van der Waals surface area contributed by atoms with E-state index >= 15 is 0 Å². The van der Waals surface area contributed by atoms with Crippen LogP contribution in [-0.4, -0.2) is 29.1 Å². The molecule has 0 bridgehead atoms. The van der Waals surface area contributed by atoms with E-state index in [2.05, 4.69) is 26.7 Å². The number of hydrogen-bond acceptors (Lipinski definition) is 7. The zero-order valence-corrected chi connectivity index (χ0v) is 19.8. The maximum Gasteiger partial charge on any atom is 0.258 e. The summed E-state index contributed by atoms with van der Waals surface area (Å²) in [6.45, 7) is 1.56. The Morgan fingerprint density at radius 2 is 1.84 bits per heavy atom. The second kappa shape index (κ2) is 9.32. The normalized spacial score (nSPS) is 18.3. The number of H-pyrrole nitrogens is 1. The first-order chi connectivity index (χ1) is 18.1. The average Bonchev–Trinajstić information content (AvgIpc) is 3.16. The maximum atomic E-state index is 13.4. The minimum atomic E-state index is -1.07. The van der Waals surface area contributed by atoms with Gasteiger partial charge >= 0.3 is 0 Å². The number of aromatic amines is 1. The average molecular weight is 494 g/mol. The minimum Gasteiger partial charge on any atom is -0.490 e. The van der Waals surface area contributed by atoms with E-state index in [9.17, 15) is 14.9 Å². The Kier molecular flexibility index (Phi) is 5.69. The van der Waals surface area contributed by atoms with Gasteiger partial charge in [0.05, 0.1) is 24.8 Å². The van der Waals surface area contributed by atoms with Crippen molar-refractivity contribution in [2.75, 3.05) is 23.8 Å². The summed E-state index contributed by atoms with van der Waals surface area (Å²) in [7, 11) is 0. The highest BCUT2D eigenvalue weighted by Crippen LogP contribution is 2.40. The van der Waals surface area contributed by atoms with E-state index in [0.717, 1.165) is 28.3 Å². The molecular formula is C28H23N5O4. The summed E-state index contributed by atoms with van der Waals surface area (Å²) in [4.78, 5) is 33.6. The summed E-state index contributed by atoms with van der Waals surface area (Å²) < 4.78 is 11.4. The molecule has 3 aromatic carbocycles.